The van der Waals surface area contributed by atoms with Crippen molar-refractivity contribution in [2.45, 2.75) is 194 Å². The number of hydrogen-bond acceptors (Lipinski definition) is 6. The van der Waals surface area contributed by atoms with E-state index >= 15 is 0 Å². The van der Waals surface area contributed by atoms with Gasteiger partial charge in [0.2, 0.25) is 0 Å². The fourth-order valence-corrected chi connectivity index (χ4v) is 6.13. The molecule has 1 atom stereocenters. The van der Waals surface area contributed by atoms with Gasteiger partial charge in [-0.25, -0.2) is 0 Å². The van der Waals surface area contributed by atoms with Crippen molar-refractivity contribution in [3.63, 3.8) is 0 Å². The number of carbonyl (C=O) groups is 3. The lowest BCUT2D eigenvalue weighted by atomic mass is 10.1. The molecule has 362 valence electrons. The van der Waals surface area contributed by atoms with Crippen LogP contribution in [0.1, 0.15) is 188 Å². The standard InChI is InChI=1S/C59H90O6/c1-4-7-10-13-16-19-22-25-27-29-31-34-37-40-43-46-49-52-58(61)64-55-56(54-63-57(60)51-48-45-42-39-36-33-24-21-18-15-12-9-6-3)65-59(62)53-50-47-44-41-38-35-32-30-28-26-23-20-17-14-11-8-5-2/h7-12,16-21,25-28,31-36,40,43,56H,4-6,13-15,22-24,29-30,37-39,41-42,44-55H2,1-3H3/b10-7-,11-8-,12-9-,19-16-,20-17-,21-18-,27-25-,28-26-,34-31-,35-32-,36-33-,43-40-. The molecule has 1 unspecified atom stereocenters. The number of allylic oxidation sites excluding steroid dienone is 24. The summed E-state index contributed by atoms with van der Waals surface area (Å²) in [6.45, 7) is 6.17. The molecule has 65 heavy (non-hydrogen) atoms. The van der Waals surface area contributed by atoms with Crippen LogP contribution in [-0.2, 0) is 28.6 Å². The molecule has 0 aliphatic heterocycles. The Hall–Kier alpha value is -4.71. The van der Waals surface area contributed by atoms with Crippen LogP contribution in [0.5, 0.6) is 0 Å². The molecule has 0 rings (SSSR count). The molecule has 0 radical (unpaired) electrons. The second-order valence-electron chi connectivity index (χ2n) is 15.9. The van der Waals surface area contributed by atoms with Crippen LogP contribution in [0.3, 0.4) is 0 Å². The summed E-state index contributed by atoms with van der Waals surface area (Å²) in [6, 6.07) is 0. The lowest BCUT2D eigenvalue weighted by molar-refractivity contribution is -0.167. The second-order valence-corrected chi connectivity index (χ2v) is 15.9. The third kappa shape index (κ3) is 50.2. The van der Waals surface area contributed by atoms with Crippen molar-refractivity contribution in [2.75, 3.05) is 13.2 Å². The van der Waals surface area contributed by atoms with E-state index < -0.39 is 6.10 Å². The van der Waals surface area contributed by atoms with Crippen LogP contribution in [-0.4, -0.2) is 37.2 Å². The van der Waals surface area contributed by atoms with Gasteiger partial charge in [-0.15, -0.1) is 0 Å². The molecule has 0 saturated carbocycles. The Morgan fingerprint density at radius 1 is 0.308 bits per heavy atom. The number of rotatable bonds is 43. The van der Waals surface area contributed by atoms with Gasteiger partial charge in [-0.3, -0.25) is 14.4 Å². The van der Waals surface area contributed by atoms with Crippen molar-refractivity contribution in [3.8, 4) is 0 Å². The van der Waals surface area contributed by atoms with Gasteiger partial charge in [0.05, 0.1) is 0 Å². The fraction of sp³-hybridized carbons (Fsp3) is 0.542. The highest BCUT2D eigenvalue weighted by Crippen LogP contribution is 2.11. The molecule has 0 fully saturated rings. The SMILES string of the molecule is CC/C=C\C/C=C\C/C=C\C/C=C\C/C=C\CCCC(=O)OCC(COC(=O)CCCCC/C=C\C/C=C\C/C=C\CC)OC(=O)CCCCCC/C=C\C/C=C\C/C=C\C/C=C\CC. The first-order valence-electron chi connectivity index (χ1n) is 25.3. The minimum atomic E-state index is -0.832. The Morgan fingerprint density at radius 2 is 0.569 bits per heavy atom. The van der Waals surface area contributed by atoms with Crippen LogP contribution in [0.15, 0.2) is 146 Å². The van der Waals surface area contributed by atoms with Gasteiger partial charge in [-0.1, -0.05) is 186 Å². The van der Waals surface area contributed by atoms with E-state index in [4.69, 9.17) is 14.2 Å². The van der Waals surface area contributed by atoms with Crippen LogP contribution < -0.4 is 0 Å². The van der Waals surface area contributed by atoms with Crippen LogP contribution in [0.2, 0.25) is 0 Å². The Labute approximate surface area is 397 Å². The molecule has 0 amide bonds. The second kappa shape index (κ2) is 51.9. The lowest BCUT2D eigenvalue weighted by Gasteiger charge is -2.18. The summed E-state index contributed by atoms with van der Waals surface area (Å²) >= 11 is 0. The third-order valence-electron chi connectivity index (χ3n) is 9.82. The van der Waals surface area contributed by atoms with Crippen LogP contribution >= 0.6 is 0 Å². The first-order valence-corrected chi connectivity index (χ1v) is 25.3. The summed E-state index contributed by atoms with van der Waals surface area (Å²) in [4.78, 5) is 38.0. The Bertz CT molecular complexity index is 1490. The topological polar surface area (TPSA) is 78.9 Å². The van der Waals surface area contributed by atoms with E-state index in [0.29, 0.717) is 12.8 Å². The van der Waals surface area contributed by atoms with Crippen molar-refractivity contribution >= 4 is 17.9 Å². The molecule has 0 aliphatic rings. The molecule has 6 nitrogen and oxygen atoms in total. The average molecular weight is 895 g/mol. The molecule has 0 aliphatic carbocycles. The quantitative estimate of drug-likeness (QED) is 0.0263. The largest absolute Gasteiger partial charge is 0.462 e. The molecule has 0 aromatic heterocycles. The van der Waals surface area contributed by atoms with Crippen molar-refractivity contribution in [1.82, 2.24) is 0 Å². The summed E-state index contributed by atoms with van der Waals surface area (Å²) in [5, 5.41) is 0. The molecule has 0 aromatic carbocycles. The molecule has 0 heterocycles. The van der Waals surface area contributed by atoms with E-state index in [-0.39, 0.29) is 44.0 Å². The maximum absolute atomic E-state index is 12.8. The minimum Gasteiger partial charge on any atom is -0.462 e. The Kier molecular flexibility index (Phi) is 48.2. The highest BCUT2D eigenvalue weighted by Gasteiger charge is 2.19. The zero-order chi connectivity index (χ0) is 47.2. The van der Waals surface area contributed by atoms with Gasteiger partial charge < -0.3 is 14.2 Å². The molecule has 6 heteroatoms. The number of esters is 3. The van der Waals surface area contributed by atoms with Crippen molar-refractivity contribution in [2.24, 2.45) is 0 Å². The van der Waals surface area contributed by atoms with Gasteiger partial charge in [0.25, 0.3) is 0 Å². The van der Waals surface area contributed by atoms with Crippen molar-refractivity contribution < 1.29 is 28.6 Å². The maximum atomic E-state index is 12.8. The molecule has 0 N–H and O–H groups in total. The predicted octanol–water partition coefficient (Wildman–Crippen LogP) is 16.9. The Morgan fingerprint density at radius 3 is 0.923 bits per heavy atom. The zero-order valence-electron chi connectivity index (χ0n) is 41.2. The maximum Gasteiger partial charge on any atom is 0.306 e. The molecule has 0 spiro atoms. The third-order valence-corrected chi connectivity index (χ3v) is 9.82. The van der Waals surface area contributed by atoms with Gasteiger partial charge in [-0.2, -0.15) is 0 Å². The summed E-state index contributed by atoms with van der Waals surface area (Å²) in [7, 11) is 0. The minimum absolute atomic E-state index is 0.128. The van der Waals surface area contributed by atoms with E-state index in [2.05, 4.69) is 167 Å². The van der Waals surface area contributed by atoms with Crippen molar-refractivity contribution in [1.29, 1.82) is 0 Å². The van der Waals surface area contributed by atoms with E-state index in [1.165, 1.54) is 0 Å². The predicted molar refractivity (Wildman–Crippen MR) is 279 cm³/mol. The first kappa shape index (κ1) is 60.3. The van der Waals surface area contributed by atoms with E-state index in [0.717, 1.165) is 141 Å². The lowest BCUT2D eigenvalue weighted by Crippen LogP contribution is -2.30. The summed E-state index contributed by atoms with van der Waals surface area (Å²) in [5.41, 5.74) is 0. The van der Waals surface area contributed by atoms with Crippen LogP contribution in [0.25, 0.3) is 0 Å². The molecular weight excluding hydrogens is 805 g/mol. The number of ether oxygens (including phenoxy) is 3. The zero-order valence-corrected chi connectivity index (χ0v) is 41.2. The average Bonchev–Trinajstić information content (AvgIpc) is 3.30. The van der Waals surface area contributed by atoms with Crippen molar-refractivity contribution in [3.05, 3.63) is 146 Å². The summed E-state index contributed by atoms with van der Waals surface area (Å²) in [6.07, 6.45) is 74.1. The molecule has 0 bridgehead atoms. The number of carbonyl (C=O) groups excluding carboxylic acids is 3. The van der Waals surface area contributed by atoms with Gasteiger partial charge in [0.1, 0.15) is 13.2 Å². The van der Waals surface area contributed by atoms with Crippen LogP contribution in [0.4, 0.5) is 0 Å². The van der Waals surface area contributed by atoms with Gasteiger partial charge in [0, 0.05) is 19.3 Å². The normalized spacial score (nSPS) is 13.3. The summed E-state index contributed by atoms with van der Waals surface area (Å²) < 4.78 is 16.7. The smallest absolute Gasteiger partial charge is 0.306 e. The van der Waals surface area contributed by atoms with E-state index in [9.17, 15) is 14.4 Å². The first-order chi connectivity index (χ1) is 32.0. The van der Waals surface area contributed by atoms with Gasteiger partial charge >= 0.3 is 17.9 Å². The molecular formula is C59H90O6. The highest BCUT2D eigenvalue weighted by molar-refractivity contribution is 5.71. The fourth-order valence-electron chi connectivity index (χ4n) is 6.13. The van der Waals surface area contributed by atoms with E-state index in [1.807, 2.05) is 0 Å². The summed E-state index contributed by atoms with van der Waals surface area (Å²) in [5.74, 6) is -1.05. The van der Waals surface area contributed by atoms with Gasteiger partial charge in [-0.05, 0) is 128 Å². The van der Waals surface area contributed by atoms with E-state index in [1.54, 1.807) is 0 Å². The Balaban J connectivity index is 4.60. The highest BCUT2D eigenvalue weighted by atomic mass is 16.6. The van der Waals surface area contributed by atoms with Gasteiger partial charge in [0.15, 0.2) is 6.10 Å². The number of unbranched alkanes of at least 4 members (excludes halogenated alkanes) is 8. The number of hydrogen-bond donors (Lipinski definition) is 0. The monoisotopic (exact) mass is 895 g/mol. The molecule has 0 saturated heterocycles. The molecule has 0 aromatic rings. The van der Waals surface area contributed by atoms with Crippen LogP contribution in [0, 0.1) is 0 Å².